The standard InChI is InChI=1S/C15H15BrN2O/c16-11-13-1-3-14(4-2-13)15(19)18-10-7-12-5-8-17-9-6-12/h1-6,8-9H,7,10-11H2,(H,18,19). The number of aromatic nitrogens is 1. The molecule has 98 valence electrons. The summed E-state index contributed by atoms with van der Waals surface area (Å²) in [4.78, 5) is 15.9. The van der Waals surface area contributed by atoms with Crippen molar-refractivity contribution in [3.05, 3.63) is 65.5 Å². The van der Waals surface area contributed by atoms with E-state index in [9.17, 15) is 4.79 Å². The van der Waals surface area contributed by atoms with E-state index in [4.69, 9.17) is 0 Å². The maximum Gasteiger partial charge on any atom is 0.251 e. The van der Waals surface area contributed by atoms with Crippen molar-refractivity contribution in [2.45, 2.75) is 11.8 Å². The number of nitrogens with zero attached hydrogens (tertiary/aromatic N) is 1. The van der Waals surface area contributed by atoms with Gasteiger partial charge in [0.25, 0.3) is 5.91 Å². The first-order valence-electron chi connectivity index (χ1n) is 6.11. The smallest absolute Gasteiger partial charge is 0.251 e. The molecule has 0 bridgehead atoms. The van der Waals surface area contributed by atoms with Gasteiger partial charge < -0.3 is 5.32 Å². The molecule has 3 nitrogen and oxygen atoms in total. The first kappa shape index (κ1) is 13.7. The highest BCUT2D eigenvalue weighted by Crippen LogP contribution is 2.07. The molecule has 0 fully saturated rings. The quantitative estimate of drug-likeness (QED) is 0.861. The average molecular weight is 319 g/mol. The topological polar surface area (TPSA) is 42.0 Å². The summed E-state index contributed by atoms with van der Waals surface area (Å²) < 4.78 is 0. The van der Waals surface area contributed by atoms with E-state index in [-0.39, 0.29) is 5.91 Å². The Morgan fingerprint density at radius 3 is 2.37 bits per heavy atom. The minimum atomic E-state index is -0.0322. The zero-order valence-electron chi connectivity index (χ0n) is 10.5. The van der Waals surface area contributed by atoms with E-state index >= 15 is 0 Å². The summed E-state index contributed by atoms with van der Waals surface area (Å²) in [5.41, 5.74) is 3.03. The van der Waals surface area contributed by atoms with Crippen molar-refractivity contribution in [3.8, 4) is 0 Å². The molecular formula is C15H15BrN2O. The lowest BCUT2D eigenvalue weighted by Crippen LogP contribution is -2.25. The zero-order valence-corrected chi connectivity index (χ0v) is 12.1. The summed E-state index contributed by atoms with van der Waals surface area (Å²) in [7, 11) is 0. The third kappa shape index (κ3) is 4.17. The molecule has 0 spiro atoms. The second kappa shape index (κ2) is 7.04. The normalized spacial score (nSPS) is 10.2. The van der Waals surface area contributed by atoms with Gasteiger partial charge in [-0.1, -0.05) is 28.1 Å². The highest BCUT2D eigenvalue weighted by atomic mass is 79.9. The summed E-state index contributed by atoms with van der Waals surface area (Å²) in [6.07, 6.45) is 4.33. The van der Waals surface area contributed by atoms with Crippen molar-refractivity contribution in [2.75, 3.05) is 6.54 Å². The van der Waals surface area contributed by atoms with Crippen molar-refractivity contribution >= 4 is 21.8 Å². The maximum atomic E-state index is 11.9. The van der Waals surface area contributed by atoms with Gasteiger partial charge in [0.15, 0.2) is 0 Å². The fraction of sp³-hybridized carbons (Fsp3) is 0.200. The minimum absolute atomic E-state index is 0.0322. The Labute approximate surface area is 121 Å². The minimum Gasteiger partial charge on any atom is -0.352 e. The summed E-state index contributed by atoms with van der Waals surface area (Å²) in [5.74, 6) is -0.0322. The largest absolute Gasteiger partial charge is 0.352 e. The van der Waals surface area contributed by atoms with Crippen LogP contribution >= 0.6 is 15.9 Å². The van der Waals surface area contributed by atoms with Crippen LogP contribution < -0.4 is 5.32 Å². The van der Waals surface area contributed by atoms with Crippen LogP contribution in [0.2, 0.25) is 0 Å². The number of alkyl halides is 1. The maximum absolute atomic E-state index is 11.9. The highest BCUT2D eigenvalue weighted by molar-refractivity contribution is 9.08. The first-order valence-corrected chi connectivity index (χ1v) is 7.24. The highest BCUT2D eigenvalue weighted by Gasteiger charge is 2.04. The van der Waals surface area contributed by atoms with E-state index in [1.165, 1.54) is 5.56 Å². The molecule has 0 atom stereocenters. The third-order valence-corrected chi connectivity index (χ3v) is 3.47. The van der Waals surface area contributed by atoms with Gasteiger partial charge in [-0.15, -0.1) is 0 Å². The molecule has 0 aliphatic carbocycles. The number of pyridine rings is 1. The number of halogens is 1. The fourth-order valence-corrected chi connectivity index (χ4v) is 2.09. The molecule has 0 unspecified atom stereocenters. The molecule has 0 radical (unpaired) electrons. The van der Waals surface area contributed by atoms with Crippen molar-refractivity contribution in [1.82, 2.24) is 10.3 Å². The van der Waals surface area contributed by atoms with E-state index in [1.807, 2.05) is 36.4 Å². The van der Waals surface area contributed by atoms with Gasteiger partial charge in [-0.25, -0.2) is 0 Å². The molecule has 2 rings (SSSR count). The molecule has 0 saturated carbocycles. The van der Waals surface area contributed by atoms with Crippen LogP contribution in [0.4, 0.5) is 0 Å². The molecule has 1 amide bonds. The van der Waals surface area contributed by atoms with Crippen LogP contribution in [0.5, 0.6) is 0 Å². The Kier molecular flexibility index (Phi) is 5.10. The number of carbonyl (C=O) groups excluding carboxylic acids is 1. The third-order valence-electron chi connectivity index (χ3n) is 2.82. The number of carbonyl (C=O) groups is 1. The number of hydrogen-bond acceptors (Lipinski definition) is 2. The molecule has 19 heavy (non-hydrogen) atoms. The van der Waals surface area contributed by atoms with Gasteiger partial charge in [-0.2, -0.15) is 0 Å². The Bertz CT molecular complexity index is 526. The molecular weight excluding hydrogens is 304 g/mol. The summed E-state index contributed by atoms with van der Waals surface area (Å²) >= 11 is 3.38. The lowest BCUT2D eigenvalue weighted by atomic mass is 10.1. The average Bonchev–Trinajstić information content (AvgIpc) is 2.48. The molecule has 1 heterocycles. The molecule has 1 N–H and O–H groups in total. The number of amides is 1. The lowest BCUT2D eigenvalue weighted by molar-refractivity contribution is 0.0954. The van der Waals surface area contributed by atoms with Gasteiger partial charge in [-0.05, 0) is 41.8 Å². The number of benzene rings is 1. The molecule has 4 heteroatoms. The monoisotopic (exact) mass is 318 g/mol. The van der Waals surface area contributed by atoms with E-state index < -0.39 is 0 Å². The number of hydrogen-bond donors (Lipinski definition) is 1. The van der Waals surface area contributed by atoms with Gasteiger partial charge in [0, 0.05) is 29.8 Å². The van der Waals surface area contributed by atoms with E-state index in [1.54, 1.807) is 12.4 Å². The summed E-state index contributed by atoms with van der Waals surface area (Å²) in [6.45, 7) is 0.628. The van der Waals surface area contributed by atoms with E-state index in [2.05, 4.69) is 26.2 Å². The number of nitrogens with one attached hydrogen (secondary N) is 1. The van der Waals surface area contributed by atoms with Crippen molar-refractivity contribution in [1.29, 1.82) is 0 Å². The molecule has 0 aliphatic heterocycles. The molecule has 1 aromatic heterocycles. The zero-order chi connectivity index (χ0) is 13.5. The Morgan fingerprint density at radius 1 is 1.05 bits per heavy atom. The molecule has 0 saturated heterocycles. The lowest BCUT2D eigenvalue weighted by Gasteiger charge is -2.05. The molecule has 1 aromatic carbocycles. The van der Waals surface area contributed by atoms with Gasteiger partial charge in [-0.3, -0.25) is 9.78 Å². The van der Waals surface area contributed by atoms with Crippen molar-refractivity contribution < 1.29 is 4.79 Å². The van der Waals surface area contributed by atoms with Gasteiger partial charge >= 0.3 is 0 Å². The van der Waals surface area contributed by atoms with Crippen LogP contribution in [0, 0.1) is 0 Å². The van der Waals surface area contributed by atoms with Gasteiger partial charge in [0.1, 0.15) is 0 Å². The van der Waals surface area contributed by atoms with Crippen LogP contribution in [-0.4, -0.2) is 17.4 Å². The van der Waals surface area contributed by atoms with Crippen LogP contribution in [0.1, 0.15) is 21.5 Å². The fourth-order valence-electron chi connectivity index (χ4n) is 1.72. The van der Waals surface area contributed by atoms with E-state index in [0.717, 1.165) is 17.3 Å². The van der Waals surface area contributed by atoms with Crippen LogP contribution in [0.3, 0.4) is 0 Å². The van der Waals surface area contributed by atoms with Crippen LogP contribution in [0.15, 0.2) is 48.8 Å². The predicted octanol–water partition coefficient (Wildman–Crippen LogP) is 2.95. The summed E-state index contributed by atoms with van der Waals surface area (Å²) in [5, 5.41) is 3.72. The number of rotatable bonds is 5. The van der Waals surface area contributed by atoms with Crippen LogP contribution in [-0.2, 0) is 11.8 Å². The van der Waals surface area contributed by atoms with E-state index in [0.29, 0.717) is 12.1 Å². The molecule has 0 aliphatic rings. The second-order valence-electron chi connectivity index (χ2n) is 4.19. The van der Waals surface area contributed by atoms with Gasteiger partial charge in [0.05, 0.1) is 0 Å². The first-order chi connectivity index (χ1) is 9.29. The van der Waals surface area contributed by atoms with Gasteiger partial charge in [0.2, 0.25) is 0 Å². The van der Waals surface area contributed by atoms with Crippen LogP contribution in [0.25, 0.3) is 0 Å². The summed E-state index contributed by atoms with van der Waals surface area (Å²) in [6, 6.07) is 11.5. The molecule has 2 aromatic rings. The SMILES string of the molecule is O=C(NCCc1ccncc1)c1ccc(CBr)cc1. The van der Waals surface area contributed by atoms with Crippen molar-refractivity contribution in [2.24, 2.45) is 0 Å². The Balaban J connectivity index is 1.84. The predicted molar refractivity (Wildman–Crippen MR) is 79.3 cm³/mol. The van der Waals surface area contributed by atoms with Crippen molar-refractivity contribution in [3.63, 3.8) is 0 Å². The second-order valence-corrected chi connectivity index (χ2v) is 4.75. The Morgan fingerprint density at radius 2 is 1.74 bits per heavy atom. The Hall–Kier alpha value is -1.68.